The van der Waals surface area contributed by atoms with Crippen molar-refractivity contribution in [3.05, 3.63) is 79.7 Å². The molecule has 2 amide bonds. The highest BCUT2D eigenvalue weighted by molar-refractivity contribution is 6.30. The van der Waals surface area contributed by atoms with Crippen molar-refractivity contribution in [2.75, 3.05) is 13.6 Å². The minimum atomic E-state index is -1.08. The quantitative estimate of drug-likeness (QED) is 0.601. The molecule has 0 unspecified atom stereocenters. The van der Waals surface area contributed by atoms with E-state index in [2.05, 4.69) is 10.3 Å². The zero-order valence-electron chi connectivity index (χ0n) is 16.6. The number of fused-ring (bicyclic) bond motifs is 4. The molecular weight excluding hydrogens is 426 g/mol. The second kappa shape index (κ2) is 7.32. The summed E-state index contributed by atoms with van der Waals surface area (Å²) in [5.74, 6) is -2.11. The van der Waals surface area contributed by atoms with Gasteiger partial charge in [0.2, 0.25) is 0 Å². The van der Waals surface area contributed by atoms with Crippen LogP contribution in [0, 0.1) is 11.6 Å². The maximum absolute atomic E-state index is 14.1. The van der Waals surface area contributed by atoms with Crippen molar-refractivity contribution < 1.29 is 13.6 Å². The van der Waals surface area contributed by atoms with E-state index in [9.17, 15) is 18.4 Å². The van der Waals surface area contributed by atoms with Crippen molar-refractivity contribution in [3.63, 3.8) is 0 Å². The number of likely N-dealkylation sites (N-methyl/N-ethyl adjacent to an activating group) is 1. The zero-order chi connectivity index (χ0) is 21.9. The largest absolute Gasteiger partial charge is 0.324 e. The lowest BCUT2D eigenvalue weighted by Gasteiger charge is -2.36. The molecule has 2 aliphatic rings. The van der Waals surface area contributed by atoms with Crippen molar-refractivity contribution in [1.82, 2.24) is 20.1 Å². The molecular formula is C22H19ClF2N4O2. The molecule has 0 fully saturated rings. The summed E-state index contributed by atoms with van der Waals surface area (Å²) >= 11 is 6.07. The number of carbonyl (C=O) groups is 1. The average Bonchev–Trinajstić information content (AvgIpc) is 3.17. The smallest absolute Gasteiger partial charge is 0.320 e. The number of carbonyl (C=O) groups excluding carboxylic acids is 1. The van der Waals surface area contributed by atoms with Gasteiger partial charge in [0.15, 0.2) is 11.6 Å². The fourth-order valence-corrected chi connectivity index (χ4v) is 4.73. The zero-order valence-corrected chi connectivity index (χ0v) is 17.4. The minimum absolute atomic E-state index is 0.0635. The monoisotopic (exact) mass is 444 g/mol. The SMILES string of the molecule is CN(C(=O)N1Cc2ccc(Cl)cc2C1)[C@H]1CNCc2[nH]c(=O)c3cc(F)c(F)cc3c21. The van der Waals surface area contributed by atoms with Crippen LogP contribution in [0.1, 0.15) is 28.4 Å². The first kappa shape index (κ1) is 20.0. The van der Waals surface area contributed by atoms with Crippen LogP contribution in [0.4, 0.5) is 13.6 Å². The number of halogens is 3. The Labute approximate surface area is 181 Å². The summed E-state index contributed by atoms with van der Waals surface area (Å²) in [5, 5.41) is 4.20. The highest BCUT2D eigenvalue weighted by Crippen LogP contribution is 2.34. The number of nitrogens with one attached hydrogen (secondary N) is 2. The van der Waals surface area contributed by atoms with Crippen molar-refractivity contribution >= 4 is 28.4 Å². The van der Waals surface area contributed by atoms with Gasteiger partial charge in [-0.1, -0.05) is 17.7 Å². The average molecular weight is 445 g/mol. The van der Waals surface area contributed by atoms with Crippen LogP contribution in [0.25, 0.3) is 10.8 Å². The molecule has 160 valence electrons. The van der Waals surface area contributed by atoms with Crippen LogP contribution in [-0.2, 0) is 19.6 Å². The van der Waals surface area contributed by atoms with E-state index in [-0.39, 0.29) is 11.4 Å². The molecule has 6 nitrogen and oxygen atoms in total. The van der Waals surface area contributed by atoms with E-state index in [0.717, 1.165) is 23.3 Å². The molecule has 1 atom stereocenters. The number of pyridine rings is 1. The van der Waals surface area contributed by atoms with E-state index in [0.29, 0.717) is 47.8 Å². The lowest BCUT2D eigenvalue weighted by Crippen LogP contribution is -2.46. The van der Waals surface area contributed by atoms with Gasteiger partial charge in [-0.15, -0.1) is 0 Å². The molecule has 2 N–H and O–H groups in total. The molecule has 0 aliphatic carbocycles. The normalized spacial score (nSPS) is 17.5. The molecule has 3 heterocycles. The van der Waals surface area contributed by atoms with E-state index in [4.69, 9.17) is 11.6 Å². The standard InChI is InChI=1S/C22H19ClF2N4O2/c1-28(22(31)29-9-11-2-3-13(23)4-12(11)10-29)19-8-26-7-18-20(19)14-5-16(24)17(25)6-15(14)21(30)27-18/h2-6,19,26H,7-10H2,1H3,(H,27,30)/t19-/m0/s1. The van der Waals surface area contributed by atoms with Gasteiger partial charge in [0.25, 0.3) is 5.56 Å². The number of nitrogens with zero attached hydrogens (tertiary/aromatic N) is 2. The van der Waals surface area contributed by atoms with Gasteiger partial charge >= 0.3 is 6.03 Å². The van der Waals surface area contributed by atoms with Gasteiger partial charge in [-0.2, -0.15) is 0 Å². The van der Waals surface area contributed by atoms with Gasteiger partial charge < -0.3 is 20.1 Å². The Morgan fingerprint density at radius 1 is 1.13 bits per heavy atom. The Bertz CT molecular complexity index is 1290. The number of urea groups is 1. The van der Waals surface area contributed by atoms with Crippen LogP contribution in [0.15, 0.2) is 35.1 Å². The Hall–Kier alpha value is -2.97. The molecule has 0 saturated heterocycles. The van der Waals surface area contributed by atoms with Crippen LogP contribution in [-0.4, -0.2) is 34.4 Å². The van der Waals surface area contributed by atoms with Crippen molar-refractivity contribution in [1.29, 1.82) is 0 Å². The number of aromatic nitrogens is 1. The first-order valence-corrected chi connectivity index (χ1v) is 10.2. The Morgan fingerprint density at radius 2 is 1.84 bits per heavy atom. The number of aromatic amines is 1. The summed E-state index contributed by atoms with van der Waals surface area (Å²) in [4.78, 5) is 31.8. The predicted molar refractivity (Wildman–Crippen MR) is 113 cm³/mol. The summed E-state index contributed by atoms with van der Waals surface area (Å²) < 4.78 is 27.9. The van der Waals surface area contributed by atoms with Crippen LogP contribution >= 0.6 is 11.6 Å². The van der Waals surface area contributed by atoms with Crippen molar-refractivity contribution in [2.45, 2.75) is 25.7 Å². The second-order valence-corrected chi connectivity index (χ2v) is 8.40. The number of amides is 2. The number of benzene rings is 2. The molecule has 9 heteroatoms. The Kier molecular flexibility index (Phi) is 4.71. The van der Waals surface area contributed by atoms with Crippen LogP contribution in [0.3, 0.4) is 0 Å². The summed E-state index contributed by atoms with van der Waals surface area (Å²) in [6, 6.07) is 6.86. The highest BCUT2D eigenvalue weighted by atomic mass is 35.5. The Morgan fingerprint density at radius 3 is 2.61 bits per heavy atom. The maximum Gasteiger partial charge on any atom is 0.320 e. The number of hydrogen-bond donors (Lipinski definition) is 2. The van der Waals surface area contributed by atoms with E-state index >= 15 is 0 Å². The summed E-state index contributed by atoms with van der Waals surface area (Å²) in [5.41, 5.74) is 2.75. The number of H-pyrrole nitrogens is 1. The third-order valence-electron chi connectivity index (χ3n) is 6.09. The molecule has 2 aliphatic heterocycles. The van der Waals surface area contributed by atoms with E-state index in [1.165, 1.54) is 0 Å². The third kappa shape index (κ3) is 3.26. The molecule has 3 aromatic rings. The van der Waals surface area contributed by atoms with Gasteiger partial charge in [0.05, 0.1) is 11.4 Å². The molecule has 0 radical (unpaired) electrons. The van der Waals surface area contributed by atoms with Crippen LogP contribution in [0.2, 0.25) is 5.02 Å². The molecule has 0 spiro atoms. The Balaban J connectivity index is 1.53. The predicted octanol–water partition coefficient (Wildman–Crippen LogP) is 3.67. The molecule has 31 heavy (non-hydrogen) atoms. The molecule has 2 aromatic carbocycles. The van der Waals surface area contributed by atoms with E-state index in [1.807, 2.05) is 12.1 Å². The molecule has 5 rings (SSSR count). The molecule has 0 saturated carbocycles. The molecule has 0 bridgehead atoms. The number of rotatable bonds is 1. The summed E-state index contributed by atoms with van der Waals surface area (Å²) in [6.45, 7) is 1.70. The fourth-order valence-electron chi connectivity index (χ4n) is 4.53. The molecule has 1 aromatic heterocycles. The van der Waals surface area contributed by atoms with Gasteiger partial charge in [-0.3, -0.25) is 4.79 Å². The van der Waals surface area contributed by atoms with E-state index in [1.54, 1.807) is 22.9 Å². The summed E-state index contributed by atoms with van der Waals surface area (Å²) in [7, 11) is 1.68. The fraction of sp³-hybridized carbons (Fsp3) is 0.273. The first-order chi connectivity index (χ1) is 14.8. The lowest BCUT2D eigenvalue weighted by molar-refractivity contribution is 0.143. The van der Waals surface area contributed by atoms with Crippen molar-refractivity contribution in [2.24, 2.45) is 0 Å². The van der Waals surface area contributed by atoms with Crippen molar-refractivity contribution in [3.8, 4) is 0 Å². The van der Waals surface area contributed by atoms with Gasteiger partial charge in [0.1, 0.15) is 0 Å². The maximum atomic E-state index is 14.1. The first-order valence-electron chi connectivity index (χ1n) is 9.87. The topological polar surface area (TPSA) is 68.4 Å². The van der Waals surface area contributed by atoms with Crippen LogP contribution < -0.4 is 10.9 Å². The second-order valence-electron chi connectivity index (χ2n) is 7.97. The lowest BCUT2D eigenvalue weighted by atomic mass is 9.94. The highest BCUT2D eigenvalue weighted by Gasteiger charge is 2.34. The van der Waals surface area contributed by atoms with Gasteiger partial charge in [-0.25, -0.2) is 13.6 Å². The third-order valence-corrected chi connectivity index (χ3v) is 6.32. The minimum Gasteiger partial charge on any atom is -0.324 e. The summed E-state index contributed by atoms with van der Waals surface area (Å²) in [6.07, 6.45) is 0. The van der Waals surface area contributed by atoms with Gasteiger partial charge in [0, 0.05) is 49.5 Å². The number of hydrogen-bond acceptors (Lipinski definition) is 3. The van der Waals surface area contributed by atoms with Crippen LogP contribution in [0.5, 0.6) is 0 Å². The van der Waals surface area contributed by atoms with E-state index < -0.39 is 23.2 Å². The van der Waals surface area contributed by atoms with Gasteiger partial charge in [-0.05, 0) is 40.8 Å².